The second-order valence-corrected chi connectivity index (χ2v) is 7.86. The molecule has 2 aliphatic heterocycles. The van der Waals surface area contributed by atoms with E-state index in [-0.39, 0.29) is 12.0 Å². The van der Waals surface area contributed by atoms with Crippen molar-refractivity contribution < 1.29 is 14.3 Å². The zero-order chi connectivity index (χ0) is 20.0. The molecule has 2 aromatic carbocycles. The summed E-state index contributed by atoms with van der Waals surface area (Å²) in [5, 5.41) is 5.54. The predicted octanol–water partition coefficient (Wildman–Crippen LogP) is 3.08. The van der Waals surface area contributed by atoms with Crippen molar-refractivity contribution in [3.05, 3.63) is 60.3 Å². The number of likely N-dealkylation sites (tertiary alicyclic amines) is 1. The fraction of sp³-hybridized carbons (Fsp3) is 0.318. The Labute approximate surface area is 168 Å². The highest BCUT2D eigenvalue weighted by molar-refractivity contribution is 5.94. The molecule has 0 bridgehead atoms. The lowest BCUT2D eigenvalue weighted by atomic mass is 9.91. The summed E-state index contributed by atoms with van der Waals surface area (Å²) < 4.78 is 7.44. The Balaban J connectivity index is 1.30. The zero-order valence-corrected chi connectivity index (χ0v) is 16.2. The van der Waals surface area contributed by atoms with Crippen molar-refractivity contribution in [3.8, 4) is 5.69 Å². The summed E-state index contributed by atoms with van der Waals surface area (Å²) in [6, 6.07) is 15.6. The number of hydrogen-bond acceptors (Lipinski definition) is 4. The average molecular weight is 390 g/mol. The van der Waals surface area contributed by atoms with E-state index in [9.17, 15) is 9.59 Å². The third kappa shape index (κ3) is 3.03. The number of aromatic nitrogens is 2. The van der Waals surface area contributed by atoms with Crippen LogP contribution in [0.25, 0.3) is 16.6 Å². The Morgan fingerprint density at radius 1 is 1.07 bits per heavy atom. The van der Waals surface area contributed by atoms with E-state index in [4.69, 9.17) is 4.74 Å². The quantitative estimate of drug-likeness (QED) is 0.674. The smallest absolute Gasteiger partial charge is 0.410 e. The van der Waals surface area contributed by atoms with Crippen molar-refractivity contribution in [1.82, 2.24) is 19.6 Å². The van der Waals surface area contributed by atoms with Crippen molar-refractivity contribution in [2.45, 2.75) is 18.4 Å². The molecular formula is C22H22N4O3. The normalized spacial score (nSPS) is 18.4. The molecule has 2 amide bonds. The molecule has 0 saturated carbocycles. The highest BCUT2D eigenvalue weighted by atomic mass is 16.6. The van der Waals surface area contributed by atoms with Gasteiger partial charge in [0.05, 0.1) is 23.9 Å². The second kappa shape index (κ2) is 6.62. The fourth-order valence-corrected chi connectivity index (χ4v) is 4.27. The minimum absolute atomic E-state index is 0.00871. The SMILES string of the molecule is CN1CC2(CCN(C(=O)c3ccc(-n4ncc5ccccc54)cc3)CC2)OC1=O. The standard InChI is InChI=1S/C22H22N4O3/c1-24-15-22(29-21(24)28)10-12-25(13-11-22)20(27)16-6-8-18(9-7-16)26-19-5-3-2-4-17(19)14-23-26/h2-9,14H,10-13,15H2,1H3. The van der Waals surface area contributed by atoms with E-state index < -0.39 is 5.60 Å². The van der Waals surface area contributed by atoms with Gasteiger partial charge in [-0.2, -0.15) is 5.10 Å². The number of amides is 2. The largest absolute Gasteiger partial charge is 0.441 e. The molecule has 0 N–H and O–H groups in total. The molecule has 5 rings (SSSR count). The van der Waals surface area contributed by atoms with Gasteiger partial charge in [-0.3, -0.25) is 4.79 Å². The number of carbonyl (C=O) groups is 2. The molecule has 7 nitrogen and oxygen atoms in total. The van der Waals surface area contributed by atoms with E-state index in [1.54, 1.807) is 11.9 Å². The van der Waals surface area contributed by atoms with Crippen molar-refractivity contribution in [2.75, 3.05) is 26.7 Å². The third-order valence-corrected chi connectivity index (χ3v) is 5.94. The van der Waals surface area contributed by atoms with Crippen molar-refractivity contribution in [2.24, 2.45) is 0 Å². The Bertz CT molecular complexity index is 1080. The molecule has 3 aromatic rings. The van der Waals surface area contributed by atoms with Crippen LogP contribution in [0.5, 0.6) is 0 Å². The summed E-state index contributed by atoms with van der Waals surface area (Å²) in [5.41, 5.74) is 2.17. The molecule has 2 fully saturated rings. The first kappa shape index (κ1) is 17.7. The van der Waals surface area contributed by atoms with E-state index in [0.717, 1.165) is 16.6 Å². The summed E-state index contributed by atoms with van der Waals surface area (Å²) in [7, 11) is 1.75. The highest BCUT2D eigenvalue weighted by Crippen LogP contribution is 2.33. The highest BCUT2D eigenvalue weighted by Gasteiger charge is 2.46. The van der Waals surface area contributed by atoms with Gasteiger partial charge in [0.25, 0.3) is 5.91 Å². The number of carbonyl (C=O) groups excluding carboxylic acids is 2. The molecule has 1 aromatic heterocycles. The van der Waals surface area contributed by atoms with E-state index in [1.807, 2.05) is 64.3 Å². The molecule has 0 aliphatic carbocycles. The van der Waals surface area contributed by atoms with Gasteiger partial charge < -0.3 is 14.5 Å². The van der Waals surface area contributed by atoms with Crippen molar-refractivity contribution in [3.63, 3.8) is 0 Å². The molecular weight excluding hydrogens is 368 g/mol. The van der Waals surface area contributed by atoms with Gasteiger partial charge >= 0.3 is 6.09 Å². The third-order valence-electron chi connectivity index (χ3n) is 5.94. The van der Waals surface area contributed by atoms with Gasteiger partial charge in [0, 0.05) is 43.9 Å². The van der Waals surface area contributed by atoms with Gasteiger partial charge in [0.1, 0.15) is 5.60 Å². The summed E-state index contributed by atoms with van der Waals surface area (Å²) in [6.45, 7) is 1.78. The number of ether oxygens (including phenoxy) is 1. The Hall–Kier alpha value is -3.35. The van der Waals surface area contributed by atoms with Crippen LogP contribution < -0.4 is 0 Å². The Morgan fingerprint density at radius 2 is 1.79 bits per heavy atom. The first-order valence-electron chi connectivity index (χ1n) is 9.81. The van der Waals surface area contributed by atoms with Crippen LogP contribution in [-0.2, 0) is 4.74 Å². The first-order chi connectivity index (χ1) is 14.0. The lowest BCUT2D eigenvalue weighted by Gasteiger charge is -2.37. The van der Waals surface area contributed by atoms with Crippen LogP contribution in [0.3, 0.4) is 0 Å². The number of likely N-dealkylation sites (N-methyl/N-ethyl adjacent to an activating group) is 1. The number of rotatable bonds is 2. The van der Waals surface area contributed by atoms with E-state index in [2.05, 4.69) is 5.10 Å². The van der Waals surface area contributed by atoms with Crippen LogP contribution in [0.15, 0.2) is 54.7 Å². The molecule has 2 saturated heterocycles. The summed E-state index contributed by atoms with van der Waals surface area (Å²) in [4.78, 5) is 28.1. The van der Waals surface area contributed by atoms with Gasteiger partial charge in [0.15, 0.2) is 0 Å². The van der Waals surface area contributed by atoms with E-state index in [1.165, 1.54) is 0 Å². The fourth-order valence-electron chi connectivity index (χ4n) is 4.27. The van der Waals surface area contributed by atoms with Crippen LogP contribution in [0.2, 0.25) is 0 Å². The van der Waals surface area contributed by atoms with Gasteiger partial charge in [0.2, 0.25) is 0 Å². The average Bonchev–Trinajstić information content (AvgIpc) is 3.29. The molecule has 0 atom stereocenters. The maximum absolute atomic E-state index is 12.9. The molecule has 3 heterocycles. The van der Waals surface area contributed by atoms with Crippen molar-refractivity contribution in [1.29, 1.82) is 0 Å². The van der Waals surface area contributed by atoms with Crippen LogP contribution >= 0.6 is 0 Å². The van der Waals surface area contributed by atoms with Gasteiger partial charge in [-0.15, -0.1) is 0 Å². The lowest BCUT2D eigenvalue weighted by molar-refractivity contribution is 0.00317. The van der Waals surface area contributed by atoms with Crippen LogP contribution in [0.1, 0.15) is 23.2 Å². The van der Waals surface area contributed by atoms with Gasteiger partial charge in [-0.05, 0) is 30.3 Å². The van der Waals surface area contributed by atoms with Crippen LogP contribution in [0, 0.1) is 0 Å². The topological polar surface area (TPSA) is 67.7 Å². The lowest BCUT2D eigenvalue weighted by Crippen LogP contribution is -2.48. The van der Waals surface area contributed by atoms with Crippen LogP contribution in [0.4, 0.5) is 4.79 Å². The minimum Gasteiger partial charge on any atom is -0.441 e. The Kier molecular flexibility index (Phi) is 4.04. The monoisotopic (exact) mass is 390 g/mol. The van der Waals surface area contributed by atoms with E-state index >= 15 is 0 Å². The number of para-hydroxylation sites is 1. The number of piperidine rings is 1. The molecule has 7 heteroatoms. The maximum Gasteiger partial charge on any atom is 0.410 e. The Morgan fingerprint density at radius 3 is 2.48 bits per heavy atom. The number of nitrogens with zero attached hydrogens (tertiary/aromatic N) is 4. The number of benzene rings is 2. The molecule has 29 heavy (non-hydrogen) atoms. The number of fused-ring (bicyclic) bond motifs is 1. The minimum atomic E-state index is -0.437. The second-order valence-electron chi connectivity index (χ2n) is 7.86. The molecule has 0 radical (unpaired) electrons. The van der Waals surface area contributed by atoms with Crippen molar-refractivity contribution >= 4 is 22.9 Å². The van der Waals surface area contributed by atoms with E-state index in [0.29, 0.717) is 38.0 Å². The molecule has 0 unspecified atom stereocenters. The number of hydrogen-bond donors (Lipinski definition) is 0. The first-order valence-corrected chi connectivity index (χ1v) is 9.81. The summed E-state index contributed by atoms with van der Waals surface area (Å²) >= 11 is 0. The van der Waals surface area contributed by atoms with Gasteiger partial charge in [-0.1, -0.05) is 18.2 Å². The predicted molar refractivity (Wildman–Crippen MR) is 108 cm³/mol. The van der Waals surface area contributed by atoms with Gasteiger partial charge in [-0.25, -0.2) is 9.48 Å². The molecule has 2 aliphatic rings. The van der Waals surface area contributed by atoms with Crippen LogP contribution in [-0.4, -0.2) is 63.9 Å². The molecule has 148 valence electrons. The summed E-state index contributed by atoms with van der Waals surface area (Å²) in [5.74, 6) is 0.00871. The molecule has 1 spiro atoms. The summed E-state index contributed by atoms with van der Waals surface area (Å²) in [6.07, 6.45) is 2.91. The zero-order valence-electron chi connectivity index (χ0n) is 16.2. The maximum atomic E-state index is 12.9.